The van der Waals surface area contributed by atoms with Crippen LogP contribution in [-0.4, -0.2) is 29.4 Å². The lowest BCUT2D eigenvalue weighted by Gasteiger charge is -2.33. The molecule has 1 amide bonds. The number of nitrogens with two attached hydrogens (primary N) is 1. The number of likely N-dealkylation sites (tertiary alicyclic amines) is 1. The molecule has 1 heterocycles. The van der Waals surface area contributed by atoms with Crippen LogP contribution in [0.5, 0.6) is 0 Å². The van der Waals surface area contributed by atoms with E-state index in [9.17, 15) is 4.79 Å². The minimum absolute atomic E-state index is 0.117. The Morgan fingerprint density at radius 2 is 2.27 bits per heavy atom. The lowest BCUT2D eigenvalue weighted by atomic mass is 10.0. The molecule has 0 radical (unpaired) electrons. The zero-order chi connectivity index (χ0) is 8.43. The summed E-state index contributed by atoms with van der Waals surface area (Å²) < 4.78 is 0. The second-order valence-corrected chi connectivity index (χ2v) is 3.37. The lowest BCUT2D eigenvalue weighted by molar-refractivity contribution is -0.136. The average molecular weight is 156 g/mol. The molecule has 1 unspecified atom stereocenters. The number of rotatable bonds is 1. The van der Waals surface area contributed by atoms with Gasteiger partial charge in [-0.2, -0.15) is 0 Å². The number of hydrogen-bond donors (Lipinski definition) is 1. The van der Waals surface area contributed by atoms with Gasteiger partial charge in [0.25, 0.3) is 0 Å². The molecule has 0 bridgehead atoms. The number of nitrogens with zero attached hydrogens (tertiary/aromatic N) is 1. The molecule has 1 atom stereocenters. The summed E-state index contributed by atoms with van der Waals surface area (Å²) in [6.07, 6.45) is 1.90. The highest BCUT2D eigenvalue weighted by molar-refractivity contribution is 5.82. The monoisotopic (exact) mass is 156 g/mol. The van der Waals surface area contributed by atoms with Crippen molar-refractivity contribution < 1.29 is 4.79 Å². The molecule has 3 nitrogen and oxygen atoms in total. The molecule has 64 valence electrons. The summed E-state index contributed by atoms with van der Waals surface area (Å²) >= 11 is 0. The quantitative estimate of drug-likeness (QED) is 0.595. The molecule has 1 fully saturated rings. The van der Waals surface area contributed by atoms with E-state index in [0.29, 0.717) is 6.04 Å². The fourth-order valence-corrected chi connectivity index (χ4v) is 1.44. The smallest absolute Gasteiger partial charge is 0.239 e. The predicted molar refractivity (Wildman–Crippen MR) is 44.1 cm³/mol. The van der Waals surface area contributed by atoms with E-state index in [1.807, 2.05) is 18.7 Å². The SMILES string of the molecule is CC(C)N1CCCC(N)C1=O. The Balaban J connectivity index is 2.58. The van der Waals surface area contributed by atoms with Gasteiger partial charge in [0, 0.05) is 12.6 Å². The minimum Gasteiger partial charge on any atom is -0.339 e. The normalized spacial score (nSPS) is 26.4. The van der Waals surface area contributed by atoms with Crippen LogP contribution in [0.1, 0.15) is 26.7 Å². The molecule has 0 aromatic heterocycles. The van der Waals surface area contributed by atoms with Crippen LogP contribution in [0.2, 0.25) is 0 Å². The Labute approximate surface area is 67.5 Å². The second-order valence-electron chi connectivity index (χ2n) is 3.37. The molecule has 0 aliphatic carbocycles. The summed E-state index contributed by atoms with van der Waals surface area (Å²) in [5.74, 6) is 0.117. The van der Waals surface area contributed by atoms with Crippen molar-refractivity contribution in [2.75, 3.05) is 6.54 Å². The molecular formula is C8H16N2O. The maximum atomic E-state index is 11.4. The van der Waals surface area contributed by atoms with Gasteiger partial charge < -0.3 is 10.6 Å². The predicted octanol–water partition coefficient (Wildman–Crippen LogP) is 0.345. The van der Waals surface area contributed by atoms with Crippen LogP contribution in [0.25, 0.3) is 0 Å². The molecule has 2 N–H and O–H groups in total. The van der Waals surface area contributed by atoms with Crippen LogP contribution < -0.4 is 5.73 Å². The van der Waals surface area contributed by atoms with Gasteiger partial charge in [0.15, 0.2) is 0 Å². The maximum Gasteiger partial charge on any atom is 0.239 e. The third kappa shape index (κ3) is 1.71. The first-order valence-corrected chi connectivity index (χ1v) is 4.19. The van der Waals surface area contributed by atoms with E-state index in [1.165, 1.54) is 0 Å². The van der Waals surface area contributed by atoms with Crippen molar-refractivity contribution in [3.63, 3.8) is 0 Å². The van der Waals surface area contributed by atoms with E-state index in [4.69, 9.17) is 5.73 Å². The topological polar surface area (TPSA) is 46.3 Å². The van der Waals surface area contributed by atoms with Gasteiger partial charge in [-0.15, -0.1) is 0 Å². The first-order chi connectivity index (χ1) is 5.13. The Bertz CT molecular complexity index is 156. The Hall–Kier alpha value is -0.570. The Kier molecular flexibility index (Phi) is 2.49. The summed E-state index contributed by atoms with van der Waals surface area (Å²) in [6, 6.07) is 0.0556. The second kappa shape index (κ2) is 3.22. The fourth-order valence-electron chi connectivity index (χ4n) is 1.44. The van der Waals surface area contributed by atoms with E-state index in [-0.39, 0.29) is 11.9 Å². The lowest BCUT2D eigenvalue weighted by Crippen LogP contribution is -2.50. The van der Waals surface area contributed by atoms with Crippen molar-refractivity contribution in [2.24, 2.45) is 5.73 Å². The largest absolute Gasteiger partial charge is 0.339 e. The average Bonchev–Trinajstić information content (AvgIpc) is 1.94. The molecule has 1 aliphatic heterocycles. The van der Waals surface area contributed by atoms with Gasteiger partial charge in [0.2, 0.25) is 5.91 Å². The van der Waals surface area contributed by atoms with E-state index in [0.717, 1.165) is 19.4 Å². The highest BCUT2D eigenvalue weighted by atomic mass is 16.2. The van der Waals surface area contributed by atoms with Crippen LogP contribution >= 0.6 is 0 Å². The first kappa shape index (κ1) is 8.53. The molecule has 0 spiro atoms. The zero-order valence-corrected chi connectivity index (χ0v) is 7.21. The van der Waals surface area contributed by atoms with Crippen LogP contribution in [0.4, 0.5) is 0 Å². The van der Waals surface area contributed by atoms with Gasteiger partial charge in [-0.1, -0.05) is 0 Å². The van der Waals surface area contributed by atoms with Crippen LogP contribution in [0, 0.1) is 0 Å². The molecule has 1 rings (SSSR count). The van der Waals surface area contributed by atoms with Crippen molar-refractivity contribution in [2.45, 2.75) is 38.8 Å². The minimum atomic E-state index is -0.244. The number of carbonyl (C=O) groups is 1. The third-order valence-corrected chi connectivity index (χ3v) is 2.14. The summed E-state index contributed by atoms with van der Waals surface area (Å²) in [4.78, 5) is 13.2. The van der Waals surface area contributed by atoms with Crippen molar-refractivity contribution in [3.8, 4) is 0 Å². The number of hydrogen-bond acceptors (Lipinski definition) is 2. The fraction of sp³-hybridized carbons (Fsp3) is 0.875. The Morgan fingerprint density at radius 3 is 2.73 bits per heavy atom. The molecule has 0 saturated carbocycles. The van der Waals surface area contributed by atoms with Gasteiger partial charge in [-0.3, -0.25) is 4.79 Å². The summed E-state index contributed by atoms with van der Waals surface area (Å²) in [5, 5.41) is 0. The highest BCUT2D eigenvalue weighted by Crippen LogP contribution is 2.12. The molecule has 11 heavy (non-hydrogen) atoms. The van der Waals surface area contributed by atoms with Crippen molar-refractivity contribution in [3.05, 3.63) is 0 Å². The van der Waals surface area contributed by atoms with Gasteiger partial charge in [0.1, 0.15) is 0 Å². The van der Waals surface area contributed by atoms with E-state index in [2.05, 4.69) is 0 Å². The van der Waals surface area contributed by atoms with Crippen molar-refractivity contribution in [1.29, 1.82) is 0 Å². The van der Waals surface area contributed by atoms with Gasteiger partial charge in [0.05, 0.1) is 6.04 Å². The number of carbonyl (C=O) groups excluding carboxylic acids is 1. The van der Waals surface area contributed by atoms with E-state index >= 15 is 0 Å². The molecule has 1 saturated heterocycles. The van der Waals surface area contributed by atoms with Gasteiger partial charge in [-0.05, 0) is 26.7 Å². The highest BCUT2D eigenvalue weighted by Gasteiger charge is 2.26. The summed E-state index contributed by atoms with van der Waals surface area (Å²) in [5.41, 5.74) is 5.62. The van der Waals surface area contributed by atoms with Gasteiger partial charge >= 0.3 is 0 Å². The molecular weight excluding hydrogens is 140 g/mol. The maximum absolute atomic E-state index is 11.4. The van der Waals surface area contributed by atoms with Crippen molar-refractivity contribution >= 4 is 5.91 Å². The van der Waals surface area contributed by atoms with Crippen LogP contribution in [0.3, 0.4) is 0 Å². The van der Waals surface area contributed by atoms with Gasteiger partial charge in [-0.25, -0.2) is 0 Å². The molecule has 3 heteroatoms. The summed E-state index contributed by atoms with van der Waals surface area (Å²) in [7, 11) is 0. The van der Waals surface area contributed by atoms with Crippen LogP contribution in [-0.2, 0) is 4.79 Å². The van der Waals surface area contributed by atoms with E-state index < -0.39 is 0 Å². The molecule has 0 aromatic rings. The van der Waals surface area contributed by atoms with E-state index in [1.54, 1.807) is 0 Å². The first-order valence-electron chi connectivity index (χ1n) is 4.19. The number of amides is 1. The zero-order valence-electron chi connectivity index (χ0n) is 7.21. The molecule has 0 aromatic carbocycles. The van der Waals surface area contributed by atoms with Crippen molar-refractivity contribution in [1.82, 2.24) is 4.90 Å². The number of piperidine rings is 1. The van der Waals surface area contributed by atoms with Crippen LogP contribution in [0.15, 0.2) is 0 Å². The standard InChI is InChI=1S/C8H16N2O/c1-6(2)10-5-3-4-7(9)8(10)11/h6-7H,3-5,9H2,1-2H3. The third-order valence-electron chi connectivity index (χ3n) is 2.14. The summed E-state index contributed by atoms with van der Waals surface area (Å²) in [6.45, 7) is 4.93. The Morgan fingerprint density at radius 1 is 1.64 bits per heavy atom. The molecule has 1 aliphatic rings.